The third kappa shape index (κ3) is 4.17. The number of amides is 1. The Hall–Kier alpha value is -3.28. The summed E-state index contributed by atoms with van der Waals surface area (Å²) in [6, 6.07) is 14.9. The van der Waals surface area contributed by atoms with Crippen molar-refractivity contribution in [2.24, 2.45) is 0 Å². The average Bonchev–Trinajstić information content (AvgIpc) is 2.60. The monoisotopic (exact) mass is 336 g/mol. The Bertz CT molecular complexity index is 892. The maximum atomic E-state index is 12.9. The van der Waals surface area contributed by atoms with Crippen molar-refractivity contribution in [2.45, 2.75) is 13.8 Å². The number of nitrogens with one attached hydrogen (secondary N) is 2. The molecule has 3 rings (SSSR count). The summed E-state index contributed by atoms with van der Waals surface area (Å²) in [4.78, 5) is 12.3. The number of hydrogen-bond donors (Lipinski definition) is 2. The molecule has 0 atom stereocenters. The summed E-state index contributed by atoms with van der Waals surface area (Å²) in [7, 11) is 0. The second-order valence-electron chi connectivity index (χ2n) is 5.71. The molecule has 126 valence electrons. The number of aromatic nitrogens is 2. The van der Waals surface area contributed by atoms with E-state index in [0.717, 1.165) is 16.8 Å². The van der Waals surface area contributed by atoms with E-state index in [1.54, 1.807) is 24.3 Å². The van der Waals surface area contributed by atoms with Crippen molar-refractivity contribution in [3.05, 3.63) is 77.2 Å². The van der Waals surface area contributed by atoms with Gasteiger partial charge < -0.3 is 10.6 Å². The lowest BCUT2D eigenvalue weighted by molar-refractivity contribution is 0.102. The van der Waals surface area contributed by atoms with Gasteiger partial charge in [0.2, 0.25) is 0 Å². The zero-order chi connectivity index (χ0) is 17.8. The average molecular weight is 336 g/mol. The van der Waals surface area contributed by atoms with Gasteiger partial charge in [-0.15, -0.1) is 10.2 Å². The Balaban J connectivity index is 1.68. The molecule has 1 heterocycles. The summed E-state index contributed by atoms with van der Waals surface area (Å²) >= 11 is 0. The molecule has 0 radical (unpaired) electrons. The van der Waals surface area contributed by atoms with Gasteiger partial charge >= 0.3 is 0 Å². The first-order chi connectivity index (χ1) is 12.0. The van der Waals surface area contributed by atoms with Crippen LogP contribution in [0.1, 0.15) is 21.6 Å². The van der Waals surface area contributed by atoms with Crippen LogP contribution in [0.25, 0.3) is 0 Å². The van der Waals surface area contributed by atoms with Gasteiger partial charge in [0.25, 0.3) is 5.91 Å². The number of halogens is 1. The molecule has 0 bridgehead atoms. The van der Waals surface area contributed by atoms with Crippen LogP contribution >= 0.6 is 0 Å². The lowest BCUT2D eigenvalue weighted by Gasteiger charge is -2.09. The quantitative estimate of drug-likeness (QED) is 0.748. The van der Waals surface area contributed by atoms with Gasteiger partial charge in [-0.2, -0.15) is 0 Å². The topological polar surface area (TPSA) is 66.9 Å². The van der Waals surface area contributed by atoms with E-state index in [0.29, 0.717) is 11.5 Å². The van der Waals surface area contributed by atoms with Gasteiger partial charge in [0.05, 0.1) is 0 Å². The fourth-order valence-electron chi connectivity index (χ4n) is 2.34. The molecule has 0 aliphatic carbocycles. The van der Waals surface area contributed by atoms with Crippen LogP contribution in [0.3, 0.4) is 0 Å². The van der Waals surface area contributed by atoms with Crippen molar-refractivity contribution >= 4 is 23.1 Å². The van der Waals surface area contributed by atoms with E-state index in [1.165, 1.54) is 12.1 Å². The van der Waals surface area contributed by atoms with E-state index in [2.05, 4.69) is 20.8 Å². The van der Waals surface area contributed by atoms with Crippen molar-refractivity contribution < 1.29 is 9.18 Å². The van der Waals surface area contributed by atoms with Gasteiger partial charge in [0.1, 0.15) is 5.82 Å². The highest BCUT2D eigenvalue weighted by Crippen LogP contribution is 2.17. The number of benzene rings is 2. The lowest BCUT2D eigenvalue weighted by atomic mass is 10.1. The van der Waals surface area contributed by atoms with Gasteiger partial charge in [-0.25, -0.2) is 4.39 Å². The zero-order valence-electron chi connectivity index (χ0n) is 13.9. The second kappa shape index (κ2) is 7.09. The molecule has 0 saturated heterocycles. The first-order valence-electron chi connectivity index (χ1n) is 7.76. The van der Waals surface area contributed by atoms with Gasteiger partial charge in [-0.05, 0) is 61.9 Å². The Morgan fingerprint density at radius 1 is 0.960 bits per heavy atom. The number of nitrogens with zero attached hydrogens (tertiary/aromatic N) is 2. The van der Waals surface area contributed by atoms with E-state index in [4.69, 9.17) is 0 Å². The van der Waals surface area contributed by atoms with Gasteiger partial charge in [-0.3, -0.25) is 4.79 Å². The molecule has 1 amide bonds. The van der Waals surface area contributed by atoms with E-state index in [9.17, 15) is 9.18 Å². The molecule has 25 heavy (non-hydrogen) atoms. The molecule has 0 fully saturated rings. The molecule has 6 heteroatoms. The fourth-order valence-corrected chi connectivity index (χ4v) is 2.34. The van der Waals surface area contributed by atoms with E-state index in [-0.39, 0.29) is 17.4 Å². The summed E-state index contributed by atoms with van der Waals surface area (Å²) in [5, 5.41) is 13.7. The molecule has 3 aromatic rings. The molecular weight excluding hydrogens is 319 g/mol. The van der Waals surface area contributed by atoms with Crippen LogP contribution in [0.4, 0.5) is 21.6 Å². The largest absolute Gasteiger partial charge is 0.339 e. The summed E-state index contributed by atoms with van der Waals surface area (Å²) in [6.45, 7) is 3.93. The minimum atomic E-state index is -0.326. The number of anilines is 3. The first-order valence-corrected chi connectivity index (χ1v) is 7.76. The molecular formula is C19H17FN4O. The van der Waals surface area contributed by atoms with E-state index < -0.39 is 0 Å². The van der Waals surface area contributed by atoms with Crippen LogP contribution in [0.2, 0.25) is 0 Å². The fraction of sp³-hybridized carbons (Fsp3) is 0.105. The number of carbonyl (C=O) groups excluding carboxylic acids is 1. The van der Waals surface area contributed by atoms with Crippen molar-refractivity contribution in [3.8, 4) is 0 Å². The lowest BCUT2D eigenvalue weighted by Crippen LogP contribution is -2.15. The standard InChI is InChI=1S/C19H17FN4O/c1-12-3-8-16(13(2)11-12)22-19(25)17-9-10-18(24-23-17)21-15-6-4-14(20)5-7-15/h3-11H,1-2H3,(H,21,24)(H,22,25). The molecule has 0 unspecified atom stereocenters. The Morgan fingerprint density at radius 3 is 2.36 bits per heavy atom. The molecule has 2 aromatic carbocycles. The minimum absolute atomic E-state index is 0.213. The molecule has 2 N–H and O–H groups in total. The molecule has 0 saturated carbocycles. The highest BCUT2D eigenvalue weighted by Gasteiger charge is 2.10. The molecule has 5 nitrogen and oxygen atoms in total. The maximum Gasteiger partial charge on any atom is 0.276 e. The van der Waals surface area contributed by atoms with Crippen LogP contribution in [0.15, 0.2) is 54.6 Å². The maximum absolute atomic E-state index is 12.9. The van der Waals surface area contributed by atoms with Gasteiger partial charge in [-0.1, -0.05) is 17.7 Å². The second-order valence-corrected chi connectivity index (χ2v) is 5.71. The van der Waals surface area contributed by atoms with Crippen LogP contribution in [-0.4, -0.2) is 16.1 Å². The summed E-state index contributed by atoms with van der Waals surface area (Å²) in [5.41, 5.74) is 3.75. The number of carbonyl (C=O) groups is 1. The minimum Gasteiger partial charge on any atom is -0.339 e. The highest BCUT2D eigenvalue weighted by atomic mass is 19.1. The molecule has 0 aliphatic rings. The molecule has 1 aromatic heterocycles. The summed E-state index contributed by atoms with van der Waals surface area (Å²) < 4.78 is 12.9. The number of rotatable bonds is 4. The van der Waals surface area contributed by atoms with E-state index in [1.807, 2.05) is 32.0 Å². The highest BCUT2D eigenvalue weighted by molar-refractivity contribution is 6.03. The van der Waals surface area contributed by atoms with Gasteiger partial charge in [0, 0.05) is 11.4 Å². The predicted molar refractivity (Wildman–Crippen MR) is 95.6 cm³/mol. The van der Waals surface area contributed by atoms with Crippen molar-refractivity contribution in [1.82, 2.24) is 10.2 Å². The first kappa shape index (κ1) is 16.6. The normalized spacial score (nSPS) is 10.4. The SMILES string of the molecule is Cc1ccc(NC(=O)c2ccc(Nc3ccc(F)cc3)nn2)c(C)c1. The Labute approximate surface area is 144 Å². The van der Waals surface area contributed by atoms with Crippen molar-refractivity contribution in [3.63, 3.8) is 0 Å². The molecule has 0 spiro atoms. The third-order valence-electron chi connectivity index (χ3n) is 3.64. The zero-order valence-corrected chi connectivity index (χ0v) is 13.9. The number of hydrogen-bond acceptors (Lipinski definition) is 4. The van der Waals surface area contributed by atoms with Crippen LogP contribution in [-0.2, 0) is 0 Å². The summed E-state index contributed by atoms with van der Waals surface area (Å²) in [5.74, 6) is -0.169. The number of aryl methyl sites for hydroxylation is 2. The smallest absolute Gasteiger partial charge is 0.276 e. The van der Waals surface area contributed by atoms with E-state index >= 15 is 0 Å². The van der Waals surface area contributed by atoms with Gasteiger partial charge in [0.15, 0.2) is 11.5 Å². The third-order valence-corrected chi connectivity index (χ3v) is 3.64. The van der Waals surface area contributed by atoms with Crippen molar-refractivity contribution in [1.29, 1.82) is 0 Å². The Kier molecular flexibility index (Phi) is 4.70. The van der Waals surface area contributed by atoms with Crippen molar-refractivity contribution in [2.75, 3.05) is 10.6 Å². The summed E-state index contributed by atoms with van der Waals surface area (Å²) in [6.07, 6.45) is 0. The van der Waals surface area contributed by atoms with Crippen LogP contribution in [0, 0.1) is 19.7 Å². The molecule has 0 aliphatic heterocycles. The van der Waals surface area contributed by atoms with Crippen LogP contribution in [0.5, 0.6) is 0 Å². The van der Waals surface area contributed by atoms with Crippen LogP contribution < -0.4 is 10.6 Å². The Morgan fingerprint density at radius 2 is 1.72 bits per heavy atom. The predicted octanol–water partition coefficient (Wildman–Crippen LogP) is 4.23.